The van der Waals surface area contributed by atoms with Crippen molar-refractivity contribution in [1.82, 2.24) is 20.2 Å². The van der Waals surface area contributed by atoms with E-state index in [1.807, 2.05) is 6.08 Å². The van der Waals surface area contributed by atoms with E-state index in [0.717, 1.165) is 37.1 Å². The molecule has 8 rings (SSSR count). The van der Waals surface area contributed by atoms with E-state index >= 15 is 4.39 Å². The lowest BCUT2D eigenvalue weighted by Gasteiger charge is -2.35. The highest BCUT2D eigenvalue weighted by Crippen LogP contribution is 2.50. The average molecular weight is 654 g/mol. The third kappa shape index (κ3) is 4.57. The molecule has 2 aromatic heterocycles. The van der Waals surface area contributed by atoms with Crippen LogP contribution in [-0.2, 0) is 6.42 Å². The summed E-state index contributed by atoms with van der Waals surface area (Å²) < 4.78 is 43.9. The van der Waals surface area contributed by atoms with Crippen molar-refractivity contribution < 1.29 is 18.3 Å². The van der Waals surface area contributed by atoms with Crippen LogP contribution < -0.4 is 25.4 Å². The zero-order valence-electron chi connectivity index (χ0n) is 25.0. The molecule has 3 aromatic rings. The van der Waals surface area contributed by atoms with Crippen LogP contribution in [-0.4, -0.2) is 78.6 Å². The number of rotatable bonds is 6. The summed E-state index contributed by atoms with van der Waals surface area (Å²) in [5.74, 6) is 0.131. The number of ether oxygens (including phenoxy) is 2. The summed E-state index contributed by atoms with van der Waals surface area (Å²) in [5.41, 5.74) is 7.39. The van der Waals surface area contributed by atoms with Crippen molar-refractivity contribution in [2.75, 3.05) is 50.5 Å². The number of hydrogen-bond donors (Lipinski definition) is 2. The number of aryl methyl sites for hydroxylation is 1. The number of fused-ring (bicyclic) bond motifs is 5. The van der Waals surface area contributed by atoms with Crippen molar-refractivity contribution in [3.63, 3.8) is 0 Å². The van der Waals surface area contributed by atoms with E-state index in [1.165, 1.54) is 18.4 Å². The Bertz CT molecular complexity index is 1780. The summed E-state index contributed by atoms with van der Waals surface area (Å²) in [5, 5.41) is 14.5. The monoisotopic (exact) mass is 653 g/mol. The molecule has 1 aliphatic carbocycles. The van der Waals surface area contributed by atoms with Gasteiger partial charge in [-0.15, -0.1) is 11.3 Å². The minimum atomic E-state index is -0.900. The molecule has 236 valence electrons. The van der Waals surface area contributed by atoms with Gasteiger partial charge in [-0.1, -0.05) is 17.7 Å². The van der Waals surface area contributed by atoms with Crippen molar-refractivity contribution in [3.05, 3.63) is 38.5 Å². The van der Waals surface area contributed by atoms with Crippen LogP contribution in [0.1, 0.15) is 60.1 Å². The molecule has 4 fully saturated rings. The molecule has 0 spiro atoms. The second kappa shape index (κ2) is 10.9. The lowest BCUT2D eigenvalue weighted by atomic mass is 9.88. The van der Waals surface area contributed by atoms with Crippen molar-refractivity contribution in [2.45, 2.75) is 68.7 Å². The van der Waals surface area contributed by atoms with Crippen LogP contribution in [0.15, 0.2) is 6.08 Å². The van der Waals surface area contributed by atoms with Gasteiger partial charge in [-0.05, 0) is 50.6 Å². The maximum absolute atomic E-state index is 17.1. The van der Waals surface area contributed by atoms with Crippen LogP contribution in [0.5, 0.6) is 11.8 Å². The number of anilines is 2. The normalized spacial score (nSPS) is 27.4. The Morgan fingerprint density at radius 1 is 1.24 bits per heavy atom. The molecular formula is C32H34ClF2N7O2S. The molecule has 4 atom stereocenters. The number of nitrogens with two attached hydrogens (primary N) is 1. The number of nitrogens with zero attached hydrogens (tertiary/aromatic N) is 5. The summed E-state index contributed by atoms with van der Waals surface area (Å²) in [4.78, 5) is 14.8. The summed E-state index contributed by atoms with van der Waals surface area (Å²) in [6.07, 6.45) is 6.66. The molecule has 0 saturated carbocycles. The molecule has 13 heteroatoms. The number of methoxy groups -OCH3 is 1. The van der Waals surface area contributed by atoms with Crippen LogP contribution >= 0.6 is 22.9 Å². The number of alkyl halides is 1. The molecule has 3 unspecified atom stereocenters. The molecule has 3 N–H and O–H groups in total. The van der Waals surface area contributed by atoms with Gasteiger partial charge in [0.1, 0.15) is 35.2 Å². The number of nitrogens with one attached hydrogen (secondary N) is 1. The van der Waals surface area contributed by atoms with E-state index in [0.29, 0.717) is 71.8 Å². The number of hydrogen-bond acceptors (Lipinski definition) is 10. The van der Waals surface area contributed by atoms with Crippen LogP contribution in [0.3, 0.4) is 0 Å². The molecule has 1 aromatic carbocycles. The van der Waals surface area contributed by atoms with Crippen LogP contribution in [0.2, 0.25) is 5.02 Å². The van der Waals surface area contributed by atoms with Gasteiger partial charge in [0.05, 0.1) is 28.6 Å². The first-order valence-electron chi connectivity index (χ1n) is 15.6. The van der Waals surface area contributed by atoms with Crippen LogP contribution in [0.25, 0.3) is 16.5 Å². The van der Waals surface area contributed by atoms with Gasteiger partial charge in [-0.25, -0.2) is 8.78 Å². The molecule has 6 heterocycles. The molecule has 9 nitrogen and oxygen atoms in total. The van der Waals surface area contributed by atoms with E-state index in [-0.39, 0.29) is 46.6 Å². The number of thiophene rings is 1. The molecular weight excluding hydrogens is 620 g/mol. The Labute approximate surface area is 268 Å². The molecule has 4 saturated heterocycles. The quantitative estimate of drug-likeness (QED) is 0.370. The summed E-state index contributed by atoms with van der Waals surface area (Å²) in [6, 6.07) is 2.82. The fourth-order valence-electron chi connectivity index (χ4n) is 8.32. The number of piperazine rings is 1. The zero-order valence-corrected chi connectivity index (χ0v) is 26.5. The van der Waals surface area contributed by atoms with Gasteiger partial charge in [0, 0.05) is 54.1 Å². The van der Waals surface area contributed by atoms with E-state index < -0.39 is 17.5 Å². The summed E-state index contributed by atoms with van der Waals surface area (Å²) in [6.45, 7) is 2.82. The summed E-state index contributed by atoms with van der Waals surface area (Å²) >= 11 is 8.41. The zero-order chi connectivity index (χ0) is 31.0. The fraction of sp³-hybridized carbons (Fsp3) is 0.531. The highest BCUT2D eigenvalue weighted by atomic mass is 35.5. The Morgan fingerprint density at radius 3 is 2.80 bits per heavy atom. The van der Waals surface area contributed by atoms with E-state index in [2.05, 4.69) is 26.2 Å². The second-order valence-electron chi connectivity index (χ2n) is 12.9. The Balaban J connectivity index is 1.30. The predicted molar refractivity (Wildman–Crippen MR) is 171 cm³/mol. The molecule has 0 radical (unpaired) electrons. The molecule has 5 aliphatic rings. The second-order valence-corrected chi connectivity index (χ2v) is 14.4. The van der Waals surface area contributed by atoms with Gasteiger partial charge in [-0.2, -0.15) is 15.2 Å². The lowest BCUT2D eigenvalue weighted by Crippen LogP contribution is -2.51. The van der Waals surface area contributed by atoms with Crippen molar-refractivity contribution in [3.8, 4) is 17.8 Å². The number of halogens is 3. The number of benzene rings is 1. The van der Waals surface area contributed by atoms with Crippen molar-refractivity contribution in [2.24, 2.45) is 0 Å². The van der Waals surface area contributed by atoms with Crippen molar-refractivity contribution >= 4 is 50.2 Å². The van der Waals surface area contributed by atoms with Crippen LogP contribution in [0.4, 0.5) is 19.6 Å². The standard InChI is InChI=1S/C32H34ClF2N7O2S/c1-43-28-24-27(26(35)23(25(28)33)19-4-2-5-21-22(19)20(11-36)29(37)45-21)39-31(40-30(24)41-13-17-6-7-18(14-41)38-17)44-15-32-8-3-9-42(32)12-16(34)10-32/h4,16-18,38H,2-3,5-10,12-15,37H2,1H3/t16-,17?,18?,32?/m1/s1. The minimum Gasteiger partial charge on any atom is -0.494 e. The third-order valence-corrected chi connectivity index (χ3v) is 11.7. The van der Waals surface area contributed by atoms with Gasteiger partial charge >= 0.3 is 6.01 Å². The smallest absolute Gasteiger partial charge is 0.319 e. The maximum atomic E-state index is 17.1. The van der Waals surface area contributed by atoms with Gasteiger partial charge in [0.2, 0.25) is 0 Å². The number of nitrogen functional groups attached to an aromatic ring is 1. The molecule has 45 heavy (non-hydrogen) atoms. The largest absolute Gasteiger partial charge is 0.494 e. The van der Waals surface area contributed by atoms with Gasteiger partial charge in [0.25, 0.3) is 0 Å². The Kier molecular flexibility index (Phi) is 7.09. The fourth-order valence-corrected chi connectivity index (χ4v) is 9.73. The third-order valence-electron chi connectivity index (χ3n) is 10.3. The van der Waals surface area contributed by atoms with Crippen molar-refractivity contribution in [1.29, 1.82) is 5.26 Å². The first-order valence-corrected chi connectivity index (χ1v) is 16.8. The lowest BCUT2D eigenvalue weighted by molar-refractivity contribution is 0.107. The highest BCUT2D eigenvalue weighted by Gasteiger charge is 2.49. The van der Waals surface area contributed by atoms with Gasteiger partial charge in [0.15, 0.2) is 11.6 Å². The topological polar surface area (TPSA) is 113 Å². The Hall–Kier alpha value is -3.24. The van der Waals surface area contributed by atoms with E-state index in [9.17, 15) is 9.65 Å². The summed E-state index contributed by atoms with van der Waals surface area (Å²) in [7, 11) is 1.50. The minimum absolute atomic E-state index is 0.0300. The predicted octanol–water partition coefficient (Wildman–Crippen LogP) is 5.22. The molecule has 0 amide bonds. The first-order chi connectivity index (χ1) is 21.8. The SMILES string of the molecule is COc1c(Cl)c(C2=CCCc3sc(N)c(C#N)c32)c(F)c2nc(OCC34CCCN3C[C@H](F)C4)nc(N3CC4CCC(C3)N4)c12. The van der Waals surface area contributed by atoms with Gasteiger partial charge in [-0.3, -0.25) is 4.90 Å². The van der Waals surface area contributed by atoms with Crippen LogP contribution in [0, 0.1) is 17.1 Å². The number of aromatic nitrogens is 2. The average Bonchev–Trinajstić information content (AvgIpc) is 3.75. The number of allylic oxidation sites excluding steroid dienone is 1. The van der Waals surface area contributed by atoms with E-state index in [4.69, 9.17) is 31.8 Å². The highest BCUT2D eigenvalue weighted by molar-refractivity contribution is 7.16. The maximum Gasteiger partial charge on any atom is 0.319 e. The molecule has 4 aliphatic heterocycles. The first kappa shape index (κ1) is 29.2. The molecule has 2 bridgehead atoms. The van der Waals surface area contributed by atoms with E-state index in [1.54, 1.807) is 0 Å². The number of nitriles is 1. The Morgan fingerprint density at radius 2 is 2.04 bits per heavy atom. The van der Waals surface area contributed by atoms with Gasteiger partial charge < -0.3 is 25.4 Å².